The van der Waals surface area contributed by atoms with Crippen molar-refractivity contribution in [1.82, 2.24) is 15.3 Å². The quantitative estimate of drug-likeness (QED) is 0.778. The van der Waals surface area contributed by atoms with Crippen molar-refractivity contribution in [2.45, 2.75) is 12.6 Å². The van der Waals surface area contributed by atoms with Crippen LogP contribution in [-0.4, -0.2) is 43.4 Å². The molecule has 0 spiro atoms. The van der Waals surface area contributed by atoms with Gasteiger partial charge in [-0.25, -0.2) is 4.98 Å². The van der Waals surface area contributed by atoms with E-state index >= 15 is 0 Å². The molecular formula is C14H19N3O3. The van der Waals surface area contributed by atoms with E-state index in [1.165, 1.54) is 0 Å². The average molecular weight is 277 g/mol. The fourth-order valence-corrected chi connectivity index (χ4v) is 1.97. The zero-order chi connectivity index (χ0) is 14.4. The molecule has 0 aliphatic heterocycles. The van der Waals surface area contributed by atoms with Gasteiger partial charge in [0.05, 0.1) is 30.2 Å². The molecule has 0 saturated heterocycles. The smallest absolute Gasteiger partial charge is 0.258 e. The van der Waals surface area contributed by atoms with Crippen molar-refractivity contribution in [3.63, 3.8) is 0 Å². The first-order chi connectivity index (χ1) is 9.74. The molecule has 1 atom stereocenters. The zero-order valence-corrected chi connectivity index (χ0v) is 11.7. The van der Waals surface area contributed by atoms with Crippen molar-refractivity contribution in [2.75, 3.05) is 27.4 Å². The van der Waals surface area contributed by atoms with Gasteiger partial charge in [0.15, 0.2) is 0 Å². The Bertz CT molecular complexity index is 612. The number of aromatic amines is 1. The third-order valence-electron chi connectivity index (χ3n) is 3.01. The third kappa shape index (κ3) is 3.63. The molecule has 1 aromatic carbocycles. The Morgan fingerprint density at radius 3 is 2.90 bits per heavy atom. The number of nitrogens with one attached hydrogen (secondary N) is 2. The number of rotatable bonds is 7. The fourth-order valence-electron chi connectivity index (χ4n) is 1.97. The highest BCUT2D eigenvalue weighted by molar-refractivity contribution is 5.77. The summed E-state index contributed by atoms with van der Waals surface area (Å²) in [5.74, 6) is 0.612. The number of benzene rings is 1. The lowest BCUT2D eigenvalue weighted by Crippen LogP contribution is -2.32. The van der Waals surface area contributed by atoms with E-state index in [1.807, 2.05) is 18.2 Å². The highest BCUT2D eigenvalue weighted by atomic mass is 16.5. The van der Waals surface area contributed by atoms with Crippen LogP contribution in [-0.2, 0) is 16.0 Å². The molecule has 2 rings (SSSR count). The molecule has 1 unspecified atom stereocenters. The van der Waals surface area contributed by atoms with Crippen LogP contribution in [0.5, 0.6) is 0 Å². The number of fused-ring (bicyclic) bond motifs is 1. The molecule has 0 aliphatic carbocycles. The van der Waals surface area contributed by atoms with Crippen molar-refractivity contribution < 1.29 is 9.47 Å². The lowest BCUT2D eigenvalue weighted by molar-refractivity contribution is 0.0287. The molecule has 108 valence electrons. The summed E-state index contributed by atoms with van der Waals surface area (Å²) >= 11 is 0. The van der Waals surface area contributed by atoms with Gasteiger partial charge in [0.2, 0.25) is 0 Å². The second-order valence-corrected chi connectivity index (χ2v) is 4.47. The first-order valence-electron chi connectivity index (χ1n) is 6.45. The summed E-state index contributed by atoms with van der Waals surface area (Å²) in [6.45, 7) is 1.62. The van der Waals surface area contributed by atoms with Crippen LogP contribution in [0.25, 0.3) is 10.9 Å². The number of ether oxygens (including phenoxy) is 2. The molecule has 0 aliphatic rings. The molecule has 6 nitrogen and oxygen atoms in total. The van der Waals surface area contributed by atoms with Crippen LogP contribution in [0.1, 0.15) is 5.82 Å². The van der Waals surface area contributed by atoms with Crippen LogP contribution >= 0.6 is 0 Å². The van der Waals surface area contributed by atoms with E-state index in [0.717, 1.165) is 0 Å². The Morgan fingerprint density at radius 2 is 2.15 bits per heavy atom. The summed E-state index contributed by atoms with van der Waals surface area (Å²) in [7, 11) is 3.27. The molecule has 0 amide bonds. The SMILES string of the molecule is COCC(CNCc1nc2ccccc2c(=O)[nH]1)OC. The maximum absolute atomic E-state index is 11.9. The number of hydrogen-bond acceptors (Lipinski definition) is 5. The van der Waals surface area contributed by atoms with Crippen LogP contribution in [0.15, 0.2) is 29.1 Å². The minimum atomic E-state index is -0.118. The molecule has 0 saturated carbocycles. The van der Waals surface area contributed by atoms with Crippen molar-refractivity contribution in [1.29, 1.82) is 0 Å². The van der Waals surface area contributed by atoms with Crippen LogP contribution < -0.4 is 10.9 Å². The maximum atomic E-state index is 11.9. The highest BCUT2D eigenvalue weighted by Gasteiger charge is 2.07. The number of H-pyrrole nitrogens is 1. The molecule has 1 heterocycles. The molecule has 2 aromatic rings. The minimum Gasteiger partial charge on any atom is -0.382 e. The predicted molar refractivity (Wildman–Crippen MR) is 76.7 cm³/mol. The molecule has 0 bridgehead atoms. The Labute approximate surface area is 117 Å². The average Bonchev–Trinajstić information content (AvgIpc) is 2.46. The van der Waals surface area contributed by atoms with Crippen molar-refractivity contribution in [3.05, 3.63) is 40.4 Å². The lowest BCUT2D eigenvalue weighted by Gasteiger charge is -2.14. The van der Waals surface area contributed by atoms with Gasteiger partial charge in [-0.1, -0.05) is 12.1 Å². The van der Waals surface area contributed by atoms with Gasteiger partial charge in [-0.15, -0.1) is 0 Å². The molecule has 0 radical (unpaired) electrons. The Hall–Kier alpha value is -1.76. The summed E-state index contributed by atoms with van der Waals surface area (Å²) in [6.07, 6.45) is -0.0211. The van der Waals surface area contributed by atoms with E-state index in [1.54, 1.807) is 20.3 Å². The molecule has 2 N–H and O–H groups in total. The highest BCUT2D eigenvalue weighted by Crippen LogP contribution is 2.05. The van der Waals surface area contributed by atoms with Gasteiger partial charge in [0.25, 0.3) is 5.56 Å². The molecule has 1 aromatic heterocycles. The van der Waals surface area contributed by atoms with Gasteiger partial charge >= 0.3 is 0 Å². The number of methoxy groups -OCH3 is 2. The van der Waals surface area contributed by atoms with E-state index in [9.17, 15) is 4.79 Å². The summed E-state index contributed by atoms with van der Waals surface area (Å²) in [5.41, 5.74) is 0.584. The van der Waals surface area contributed by atoms with Gasteiger partial charge in [-0.05, 0) is 12.1 Å². The second kappa shape index (κ2) is 7.14. The molecule has 0 fully saturated rings. The van der Waals surface area contributed by atoms with Gasteiger partial charge in [-0.3, -0.25) is 4.79 Å². The predicted octanol–water partition coefficient (Wildman–Crippen LogP) is 0.674. The number of nitrogens with zero attached hydrogens (tertiary/aromatic N) is 1. The van der Waals surface area contributed by atoms with Crippen LogP contribution in [0.2, 0.25) is 0 Å². The van der Waals surface area contributed by atoms with Crippen LogP contribution in [0.4, 0.5) is 0 Å². The van der Waals surface area contributed by atoms with Gasteiger partial charge in [0, 0.05) is 20.8 Å². The van der Waals surface area contributed by atoms with Crippen molar-refractivity contribution in [2.24, 2.45) is 0 Å². The van der Waals surface area contributed by atoms with E-state index in [-0.39, 0.29) is 11.7 Å². The largest absolute Gasteiger partial charge is 0.382 e. The van der Waals surface area contributed by atoms with E-state index in [0.29, 0.717) is 36.4 Å². The summed E-state index contributed by atoms with van der Waals surface area (Å²) in [6, 6.07) is 7.28. The van der Waals surface area contributed by atoms with E-state index < -0.39 is 0 Å². The Morgan fingerprint density at radius 1 is 1.35 bits per heavy atom. The Kier molecular flexibility index (Phi) is 5.23. The van der Waals surface area contributed by atoms with E-state index in [4.69, 9.17) is 9.47 Å². The summed E-state index contributed by atoms with van der Waals surface area (Å²) in [4.78, 5) is 19.1. The second-order valence-electron chi connectivity index (χ2n) is 4.47. The monoisotopic (exact) mass is 277 g/mol. The van der Waals surface area contributed by atoms with Crippen molar-refractivity contribution >= 4 is 10.9 Å². The van der Waals surface area contributed by atoms with Crippen LogP contribution in [0.3, 0.4) is 0 Å². The first-order valence-corrected chi connectivity index (χ1v) is 6.45. The van der Waals surface area contributed by atoms with Gasteiger partial charge in [-0.2, -0.15) is 0 Å². The topological polar surface area (TPSA) is 76.2 Å². The number of para-hydroxylation sites is 1. The Balaban J connectivity index is 2.01. The van der Waals surface area contributed by atoms with Gasteiger partial charge < -0.3 is 19.8 Å². The lowest BCUT2D eigenvalue weighted by atomic mass is 10.2. The summed E-state index contributed by atoms with van der Waals surface area (Å²) < 4.78 is 10.3. The summed E-state index contributed by atoms with van der Waals surface area (Å²) in [5, 5.41) is 3.79. The molecule has 6 heteroatoms. The molecule has 20 heavy (non-hydrogen) atoms. The van der Waals surface area contributed by atoms with Gasteiger partial charge in [0.1, 0.15) is 5.82 Å². The number of aromatic nitrogens is 2. The first kappa shape index (κ1) is 14.6. The standard InChI is InChI=1S/C14H19N3O3/c1-19-9-10(20-2)7-15-8-13-16-12-6-4-3-5-11(12)14(18)17-13/h3-6,10,15H,7-9H2,1-2H3,(H,16,17,18). The normalized spacial score (nSPS) is 12.7. The zero-order valence-electron chi connectivity index (χ0n) is 11.7. The van der Waals surface area contributed by atoms with E-state index in [2.05, 4.69) is 15.3 Å². The number of hydrogen-bond donors (Lipinski definition) is 2. The fraction of sp³-hybridized carbons (Fsp3) is 0.429. The minimum absolute atomic E-state index is 0.0211. The molecular weight excluding hydrogens is 258 g/mol. The maximum Gasteiger partial charge on any atom is 0.258 e. The van der Waals surface area contributed by atoms with Crippen LogP contribution in [0, 0.1) is 0 Å². The third-order valence-corrected chi connectivity index (χ3v) is 3.01. The van der Waals surface area contributed by atoms with Crippen molar-refractivity contribution in [3.8, 4) is 0 Å².